The van der Waals surface area contributed by atoms with Gasteiger partial charge in [0.1, 0.15) is 5.01 Å². The molecule has 0 saturated carbocycles. The Morgan fingerprint density at radius 2 is 2.08 bits per heavy atom. The minimum Gasteiger partial charge on any atom is -0.350 e. The van der Waals surface area contributed by atoms with Crippen LogP contribution in [0.25, 0.3) is 0 Å². The molecule has 0 amide bonds. The van der Waals surface area contributed by atoms with Gasteiger partial charge in [-0.1, -0.05) is 29.8 Å². The number of thiazole rings is 1. The van der Waals surface area contributed by atoms with E-state index in [1.165, 1.54) is 0 Å². The number of hydrogen-bond donors (Lipinski definition) is 1. The maximum Gasteiger partial charge on any atom is 0.434 e. The van der Waals surface area contributed by atoms with Crippen LogP contribution < -0.4 is 5.32 Å². The van der Waals surface area contributed by atoms with Crippen LogP contribution in [0.2, 0.25) is 5.02 Å². The minimum atomic E-state index is -4.42. The number of aromatic nitrogens is 1. The lowest BCUT2D eigenvalue weighted by Crippen LogP contribution is -2.38. The molecule has 2 aromatic rings. The van der Waals surface area contributed by atoms with E-state index in [1.807, 2.05) is 30.1 Å². The van der Waals surface area contributed by atoms with Crippen molar-refractivity contribution in [3.8, 4) is 0 Å². The topological polar surface area (TPSA) is 40.5 Å². The highest BCUT2D eigenvalue weighted by Gasteiger charge is 2.33. The summed E-state index contributed by atoms with van der Waals surface area (Å²) in [5, 5.41) is 5.00. The first-order valence-corrected chi connectivity index (χ1v) is 8.24. The van der Waals surface area contributed by atoms with Gasteiger partial charge in [-0.25, -0.2) is 4.98 Å². The molecule has 0 atom stereocenters. The monoisotopic (exact) mass is 376 g/mol. The van der Waals surface area contributed by atoms with Crippen molar-refractivity contribution >= 4 is 28.9 Å². The maximum atomic E-state index is 12.6. The molecule has 1 N–H and O–H groups in total. The lowest BCUT2D eigenvalue weighted by molar-refractivity contribution is -0.140. The molecule has 0 radical (unpaired) electrons. The van der Waals surface area contributed by atoms with Crippen molar-refractivity contribution in [2.24, 2.45) is 4.99 Å². The summed E-state index contributed by atoms with van der Waals surface area (Å²) >= 11 is 7.09. The van der Waals surface area contributed by atoms with Crippen molar-refractivity contribution in [1.82, 2.24) is 15.2 Å². The molecule has 1 heterocycles. The van der Waals surface area contributed by atoms with E-state index in [2.05, 4.69) is 15.3 Å². The van der Waals surface area contributed by atoms with Crippen LogP contribution in [-0.4, -0.2) is 29.9 Å². The van der Waals surface area contributed by atoms with Gasteiger partial charge in [-0.2, -0.15) is 13.2 Å². The van der Waals surface area contributed by atoms with Gasteiger partial charge >= 0.3 is 6.18 Å². The van der Waals surface area contributed by atoms with Crippen molar-refractivity contribution in [2.45, 2.75) is 19.3 Å². The maximum absolute atomic E-state index is 12.6. The summed E-state index contributed by atoms with van der Waals surface area (Å²) in [7, 11) is 3.43. The molecule has 9 heteroatoms. The van der Waals surface area contributed by atoms with E-state index in [-0.39, 0.29) is 6.54 Å². The Labute approximate surface area is 147 Å². The predicted octanol–water partition coefficient (Wildman–Crippen LogP) is 4.02. The molecule has 1 aromatic carbocycles. The number of nitrogens with zero attached hydrogens (tertiary/aromatic N) is 3. The lowest BCUT2D eigenvalue weighted by atomic mass is 10.2. The Morgan fingerprint density at radius 1 is 1.38 bits per heavy atom. The van der Waals surface area contributed by atoms with Crippen LogP contribution in [0.3, 0.4) is 0 Å². The highest BCUT2D eigenvalue weighted by Crippen LogP contribution is 2.29. The van der Waals surface area contributed by atoms with E-state index >= 15 is 0 Å². The summed E-state index contributed by atoms with van der Waals surface area (Å²) in [5.41, 5.74) is 0.0573. The molecule has 0 aliphatic carbocycles. The van der Waals surface area contributed by atoms with Gasteiger partial charge in [-0.3, -0.25) is 4.99 Å². The second-order valence-electron chi connectivity index (χ2n) is 4.97. The quantitative estimate of drug-likeness (QED) is 0.647. The van der Waals surface area contributed by atoms with E-state index in [4.69, 9.17) is 11.6 Å². The second-order valence-corrected chi connectivity index (χ2v) is 6.32. The van der Waals surface area contributed by atoms with Crippen molar-refractivity contribution < 1.29 is 13.2 Å². The molecule has 0 spiro atoms. The van der Waals surface area contributed by atoms with E-state index in [9.17, 15) is 13.2 Å². The molecular formula is C15H16ClF3N4S. The average molecular weight is 377 g/mol. The predicted molar refractivity (Wildman–Crippen MR) is 90.2 cm³/mol. The Kier molecular flexibility index (Phi) is 6.06. The Balaban J connectivity index is 1.97. The normalized spacial score (nSPS) is 12.3. The van der Waals surface area contributed by atoms with Crippen LogP contribution in [0.1, 0.15) is 16.3 Å². The Morgan fingerprint density at radius 3 is 2.67 bits per heavy atom. The van der Waals surface area contributed by atoms with Crippen LogP contribution >= 0.6 is 22.9 Å². The average Bonchev–Trinajstić information content (AvgIpc) is 2.99. The number of halogens is 4. The molecule has 0 unspecified atom stereocenters. The zero-order chi connectivity index (χ0) is 17.7. The van der Waals surface area contributed by atoms with Crippen molar-refractivity contribution in [1.29, 1.82) is 0 Å². The van der Waals surface area contributed by atoms with Gasteiger partial charge in [0.15, 0.2) is 11.7 Å². The van der Waals surface area contributed by atoms with Gasteiger partial charge in [-0.15, -0.1) is 11.3 Å². The van der Waals surface area contributed by atoms with Crippen LogP contribution in [0.4, 0.5) is 13.2 Å². The molecule has 0 saturated heterocycles. The van der Waals surface area contributed by atoms with Crippen LogP contribution in [-0.2, 0) is 19.3 Å². The highest BCUT2D eigenvalue weighted by molar-refractivity contribution is 7.09. The van der Waals surface area contributed by atoms with Crippen LogP contribution in [0.5, 0.6) is 0 Å². The number of hydrogen-bond acceptors (Lipinski definition) is 3. The zero-order valence-corrected chi connectivity index (χ0v) is 14.6. The fraction of sp³-hybridized carbons (Fsp3) is 0.333. The molecule has 24 heavy (non-hydrogen) atoms. The van der Waals surface area contributed by atoms with Crippen LogP contribution in [0.15, 0.2) is 34.6 Å². The molecule has 0 bridgehead atoms. The summed E-state index contributed by atoms with van der Waals surface area (Å²) < 4.78 is 37.7. The molecule has 0 fully saturated rings. The number of nitrogens with one attached hydrogen (secondary N) is 1. The SMILES string of the molecule is CN=C(NCc1nc(C(F)(F)F)cs1)N(C)Cc1ccccc1Cl. The zero-order valence-electron chi connectivity index (χ0n) is 13.1. The fourth-order valence-corrected chi connectivity index (χ4v) is 2.95. The largest absolute Gasteiger partial charge is 0.434 e. The second kappa shape index (κ2) is 7.85. The van der Waals surface area contributed by atoms with E-state index in [0.29, 0.717) is 22.5 Å². The number of alkyl halides is 3. The van der Waals surface area contributed by atoms with Gasteiger partial charge < -0.3 is 10.2 Å². The third-order valence-electron chi connectivity index (χ3n) is 3.18. The molecule has 1 aromatic heterocycles. The van der Waals surface area contributed by atoms with Crippen molar-refractivity contribution in [2.75, 3.05) is 14.1 Å². The van der Waals surface area contributed by atoms with Gasteiger partial charge in [0, 0.05) is 31.0 Å². The minimum absolute atomic E-state index is 0.167. The molecular weight excluding hydrogens is 361 g/mol. The number of rotatable bonds is 4. The van der Waals surface area contributed by atoms with Gasteiger partial charge in [0.2, 0.25) is 0 Å². The first-order chi connectivity index (χ1) is 11.3. The van der Waals surface area contributed by atoms with E-state index in [0.717, 1.165) is 22.3 Å². The molecule has 4 nitrogen and oxygen atoms in total. The van der Waals surface area contributed by atoms with Gasteiger partial charge in [0.25, 0.3) is 0 Å². The number of aliphatic imine (C=N–C) groups is 1. The van der Waals surface area contributed by atoms with E-state index < -0.39 is 11.9 Å². The summed E-state index contributed by atoms with van der Waals surface area (Å²) in [5.74, 6) is 0.540. The van der Waals surface area contributed by atoms with Crippen molar-refractivity contribution in [3.05, 3.63) is 50.9 Å². The summed E-state index contributed by atoms with van der Waals surface area (Å²) in [6.07, 6.45) is -4.42. The fourth-order valence-electron chi connectivity index (χ4n) is 2.02. The molecule has 0 aliphatic rings. The third kappa shape index (κ3) is 4.85. The van der Waals surface area contributed by atoms with Crippen molar-refractivity contribution in [3.63, 3.8) is 0 Å². The lowest BCUT2D eigenvalue weighted by Gasteiger charge is -2.22. The highest BCUT2D eigenvalue weighted by atomic mass is 35.5. The third-order valence-corrected chi connectivity index (χ3v) is 4.40. The Hall–Kier alpha value is -1.80. The smallest absolute Gasteiger partial charge is 0.350 e. The summed E-state index contributed by atoms with van der Waals surface area (Å²) in [6, 6.07) is 7.44. The molecule has 130 valence electrons. The molecule has 0 aliphatic heterocycles. The van der Waals surface area contributed by atoms with Crippen LogP contribution in [0, 0.1) is 0 Å². The standard InChI is InChI=1S/C15H16ClF3N4S/c1-20-14(23(2)8-10-5-3-4-6-11(10)16)21-7-13-22-12(9-24-13)15(17,18)19/h3-6,9H,7-8H2,1-2H3,(H,20,21). The van der Waals surface area contributed by atoms with Gasteiger partial charge in [0.05, 0.1) is 6.54 Å². The first-order valence-electron chi connectivity index (χ1n) is 6.98. The Bertz CT molecular complexity index is 715. The van der Waals surface area contributed by atoms with Gasteiger partial charge in [-0.05, 0) is 11.6 Å². The first kappa shape index (κ1) is 18.5. The summed E-state index contributed by atoms with van der Waals surface area (Å²) in [4.78, 5) is 9.54. The number of benzene rings is 1. The van der Waals surface area contributed by atoms with E-state index in [1.54, 1.807) is 13.1 Å². The molecule has 2 rings (SSSR count). The number of guanidine groups is 1. The summed E-state index contributed by atoms with van der Waals surface area (Å²) in [6.45, 7) is 0.686.